The van der Waals surface area contributed by atoms with Gasteiger partial charge in [-0.3, -0.25) is 4.79 Å². The summed E-state index contributed by atoms with van der Waals surface area (Å²) in [5, 5.41) is 9.83. The summed E-state index contributed by atoms with van der Waals surface area (Å²) >= 11 is 6.10. The van der Waals surface area contributed by atoms with Crippen LogP contribution in [-0.2, 0) is 4.79 Å². The SMILES string of the molecule is COc1ccc(C(CO)N(C)C(C)=O)c(Cl)c1. The average Bonchev–Trinajstić information content (AvgIpc) is 2.31. The number of rotatable bonds is 4. The molecule has 94 valence electrons. The summed E-state index contributed by atoms with van der Waals surface area (Å²) in [5.74, 6) is 0.511. The number of aliphatic hydroxyl groups excluding tert-OH is 1. The maximum absolute atomic E-state index is 11.3. The zero-order valence-corrected chi connectivity index (χ0v) is 10.9. The second-order valence-corrected chi connectivity index (χ2v) is 4.12. The van der Waals surface area contributed by atoms with Gasteiger partial charge in [0, 0.05) is 19.0 Å². The first-order valence-electron chi connectivity index (χ1n) is 5.19. The van der Waals surface area contributed by atoms with E-state index in [-0.39, 0.29) is 12.5 Å². The van der Waals surface area contributed by atoms with Gasteiger partial charge in [-0.05, 0) is 17.7 Å². The number of likely N-dealkylation sites (N-methyl/N-ethyl adjacent to an activating group) is 1. The summed E-state index contributed by atoms with van der Waals surface area (Å²) < 4.78 is 5.04. The van der Waals surface area contributed by atoms with Crippen molar-refractivity contribution in [2.24, 2.45) is 0 Å². The van der Waals surface area contributed by atoms with Crippen molar-refractivity contribution in [2.75, 3.05) is 20.8 Å². The molecule has 0 spiro atoms. The Morgan fingerprint density at radius 1 is 1.59 bits per heavy atom. The molecule has 0 bridgehead atoms. The van der Waals surface area contributed by atoms with Gasteiger partial charge in [-0.15, -0.1) is 0 Å². The summed E-state index contributed by atoms with van der Waals surface area (Å²) in [6, 6.07) is 4.72. The zero-order valence-electron chi connectivity index (χ0n) is 10.1. The van der Waals surface area contributed by atoms with E-state index >= 15 is 0 Å². The fraction of sp³-hybridized carbons (Fsp3) is 0.417. The normalized spacial score (nSPS) is 12.1. The Morgan fingerprint density at radius 3 is 2.65 bits per heavy atom. The smallest absolute Gasteiger partial charge is 0.219 e. The molecule has 1 N–H and O–H groups in total. The van der Waals surface area contributed by atoms with Gasteiger partial charge in [0.2, 0.25) is 5.91 Å². The number of methoxy groups -OCH3 is 1. The Balaban J connectivity index is 3.08. The number of ether oxygens (including phenoxy) is 1. The third-order valence-corrected chi connectivity index (χ3v) is 3.03. The minimum absolute atomic E-state index is 0.129. The van der Waals surface area contributed by atoms with Crippen molar-refractivity contribution in [2.45, 2.75) is 13.0 Å². The van der Waals surface area contributed by atoms with Crippen LogP contribution in [0.25, 0.3) is 0 Å². The van der Waals surface area contributed by atoms with Gasteiger partial charge in [0.25, 0.3) is 0 Å². The fourth-order valence-electron chi connectivity index (χ4n) is 1.55. The second-order valence-electron chi connectivity index (χ2n) is 3.72. The van der Waals surface area contributed by atoms with Crippen LogP contribution in [0.1, 0.15) is 18.5 Å². The number of hydrogen-bond donors (Lipinski definition) is 1. The van der Waals surface area contributed by atoms with E-state index in [2.05, 4.69) is 0 Å². The van der Waals surface area contributed by atoms with Crippen LogP contribution in [0.3, 0.4) is 0 Å². The van der Waals surface area contributed by atoms with Gasteiger partial charge >= 0.3 is 0 Å². The summed E-state index contributed by atoms with van der Waals surface area (Å²) in [6.45, 7) is 1.27. The molecule has 17 heavy (non-hydrogen) atoms. The minimum Gasteiger partial charge on any atom is -0.497 e. The molecule has 0 heterocycles. The number of amides is 1. The van der Waals surface area contributed by atoms with Crippen molar-refractivity contribution in [1.29, 1.82) is 0 Å². The molecule has 5 heteroatoms. The molecular formula is C12H16ClNO3. The molecule has 1 unspecified atom stereocenters. The first-order valence-corrected chi connectivity index (χ1v) is 5.56. The number of aliphatic hydroxyl groups is 1. The Kier molecular flexibility index (Phi) is 4.78. The van der Waals surface area contributed by atoms with Crippen molar-refractivity contribution < 1.29 is 14.6 Å². The van der Waals surface area contributed by atoms with E-state index in [9.17, 15) is 9.90 Å². The first kappa shape index (κ1) is 13.8. The lowest BCUT2D eigenvalue weighted by Crippen LogP contribution is -2.31. The van der Waals surface area contributed by atoms with Gasteiger partial charge in [-0.1, -0.05) is 17.7 Å². The second kappa shape index (κ2) is 5.89. The van der Waals surface area contributed by atoms with E-state index in [0.29, 0.717) is 16.3 Å². The molecule has 0 aliphatic heterocycles. The van der Waals surface area contributed by atoms with Crippen molar-refractivity contribution in [3.05, 3.63) is 28.8 Å². The van der Waals surface area contributed by atoms with Crippen LogP contribution < -0.4 is 4.74 Å². The maximum atomic E-state index is 11.3. The van der Waals surface area contributed by atoms with Crippen LogP contribution in [0, 0.1) is 0 Å². The van der Waals surface area contributed by atoms with Gasteiger partial charge in [-0.2, -0.15) is 0 Å². The highest BCUT2D eigenvalue weighted by molar-refractivity contribution is 6.31. The summed E-state index contributed by atoms with van der Waals surface area (Å²) in [4.78, 5) is 12.8. The zero-order chi connectivity index (χ0) is 13.0. The standard InChI is InChI=1S/C12H16ClNO3/c1-8(16)14(2)12(7-15)10-5-4-9(17-3)6-11(10)13/h4-6,12,15H,7H2,1-3H3. The molecule has 1 aromatic carbocycles. The number of carbonyl (C=O) groups excluding carboxylic acids is 1. The van der Waals surface area contributed by atoms with Crippen LogP contribution in [0.4, 0.5) is 0 Å². The molecule has 0 aromatic heterocycles. The van der Waals surface area contributed by atoms with Gasteiger partial charge < -0.3 is 14.7 Å². The van der Waals surface area contributed by atoms with Crippen LogP contribution in [0.15, 0.2) is 18.2 Å². The molecule has 0 aliphatic carbocycles. The van der Waals surface area contributed by atoms with E-state index < -0.39 is 6.04 Å². The molecular weight excluding hydrogens is 242 g/mol. The number of hydrogen-bond acceptors (Lipinski definition) is 3. The molecule has 1 atom stereocenters. The molecule has 0 radical (unpaired) electrons. The molecule has 1 aromatic rings. The maximum Gasteiger partial charge on any atom is 0.219 e. The Morgan fingerprint density at radius 2 is 2.24 bits per heavy atom. The van der Waals surface area contributed by atoms with E-state index in [1.807, 2.05) is 0 Å². The Labute approximate surface area is 106 Å². The van der Waals surface area contributed by atoms with E-state index in [4.69, 9.17) is 16.3 Å². The summed E-state index contributed by atoms with van der Waals surface area (Å²) in [6.07, 6.45) is 0. The highest BCUT2D eigenvalue weighted by Crippen LogP contribution is 2.29. The van der Waals surface area contributed by atoms with Crippen molar-refractivity contribution >= 4 is 17.5 Å². The summed E-state index contributed by atoms with van der Waals surface area (Å²) in [7, 11) is 3.18. The molecule has 1 amide bonds. The lowest BCUT2D eigenvalue weighted by atomic mass is 10.1. The van der Waals surface area contributed by atoms with Gasteiger partial charge in [0.05, 0.1) is 19.8 Å². The quantitative estimate of drug-likeness (QED) is 0.896. The largest absolute Gasteiger partial charge is 0.497 e. The van der Waals surface area contributed by atoms with Gasteiger partial charge in [-0.25, -0.2) is 0 Å². The number of benzene rings is 1. The lowest BCUT2D eigenvalue weighted by molar-refractivity contribution is -0.130. The Bertz CT molecular complexity index is 409. The monoisotopic (exact) mass is 257 g/mol. The molecule has 4 nitrogen and oxygen atoms in total. The predicted molar refractivity (Wildman–Crippen MR) is 66.3 cm³/mol. The lowest BCUT2D eigenvalue weighted by Gasteiger charge is -2.26. The van der Waals surface area contributed by atoms with E-state index in [1.165, 1.54) is 11.8 Å². The van der Waals surface area contributed by atoms with Crippen LogP contribution in [-0.4, -0.2) is 36.7 Å². The van der Waals surface area contributed by atoms with E-state index in [1.54, 1.807) is 32.4 Å². The highest BCUT2D eigenvalue weighted by atomic mass is 35.5. The number of halogens is 1. The van der Waals surface area contributed by atoms with Crippen LogP contribution in [0.2, 0.25) is 5.02 Å². The van der Waals surface area contributed by atoms with Crippen molar-refractivity contribution in [3.8, 4) is 5.75 Å². The third kappa shape index (κ3) is 3.11. The summed E-state index contributed by atoms with van der Waals surface area (Å²) in [5.41, 5.74) is 0.702. The topological polar surface area (TPSA) is 49.8 Å². The molecule has 1 rings (SSSR count). The third-order valence-electron chi connectivity index (χ3n) is 2.70. The van der Waals surface area contributed by atoms with Crippen molar-refractivity contribution in [1.82, 2.24) is 4.90 Å². The van der Waals surface area contributed by atoms with E-state index in [0.717, 1.165) is 0 Å². The fourth-order valence-corrected chi connectivity index (χ4v) is 1.85. The first-order chi connectivity index (χ1) is 8.01. The van der Waals surface area contributed by atoms with Gasteiger partial charge in [0.1, 0.15) is 5.75 Å². The number of nitrogens with zero attached hydrogens (tertiary/aromatic N) is 1. The molecule has 0 fully saturated rings. The van der Waals surface area contributed by atoms with Gasteiger partial charge in [0.15, 0.2) is 0 Å². The molecule has 0 saturated heterocycles. The average molecular weight is 258 g/mol. The minimum atomic E-state index is -0.439. The predicted octanol–water partition coefficient (Wildman–Crippen LogP) is 1.86. The van der Waals surface area contributed by atoms with Crippen LogP contribution >= 0.6 is 11.6 Å². The number of carbonyl (C=O) groups is 1. The Hall–Kier alpha value is -1.26. The van der Waals surface area contributed by atoms with Crippen molar-refractivity contribution in [3.63, 3.8) is 0 Å². The highest BCUT2D eigenvalue weighted by Gasteiger charge is 2.20. The molecule has 0 aliphatic rings. The van der Waals surface area contributed by atoms with Crippen LogP contribution in [0.5, 0.6) is 5.75 Å². The molecule has 0 saturated carbocycles.